The molecule has 0 saturated carbocycles. The first-order valence-electron chi connectivity index (χ1n) is 6.11. The molecule has 1 heterocycles. The van der Waals surface area contributed by atoms with Crippen LogP contribution in [0.2, 0.25) is 0 Å². The van der Waals surface area contributed by atoms with Crippen molar-refractivity contribution in [2.45, 2.75) is 6.04 Å². The third-order valence-corrected chi connectivity index (χ3v) is 2.97. The van der Waals surface area contributed by atoms with E-state index in [1.54, 1.807) is 6.08 Å². The van der Waals surface area contributed by atoms with Gasteiger partial charge >= 0.3 is 5.97 Å². The number of hydrogen-bond acceptors (Lipinski definition) is 3. The van der Waals surface area contributed by atoms with Gasteiger partial charge in [-0.15, -0.1) is 0 Å². The van der Waals surface area contributed by atoms with Crippen LogP contribution in [-0.2, 0) is 14.4 Å². The molecule has 0 aliphatic carbocycles. The van der Waals surface area contributed by atoms with E-state index in [0.717, 1.165) is 10.5 Å². The lowest BCUT2D eigenvalue weighted by Gasteiger charge is -2.31. The maximum absolute atomic E-state index is 12.0. The Morgan fingerprint density at radius 1 is 1.30 bits per heavy atom. The zero-order valence-electron chi connectivity index (χ0n) is 10.7. The quantitative estimate of drug-likeness (QED) is 0.766. The molecule has 1 aliphatic heterocycles. The summed E-state index contributed by atoms with van der Waals surface area (Å²) >= 11 is 0. The van der Waals surface area contributed by atoms with Gasteiger partial charge in [0.05, 0.1) is 0 Å². The molecule has 2 N–H and O–H groups in total. The van der Waals surface area contributed by atoms with Crippen molar-refractivity contribution in [2.24, 2.45) is 0 Å². The minimum Gasteiger partial charge on any atom is -0.480 e. The molecule has 1 aliphatic rings. The summed E-state index contributed by atoms with van der Waals surface area (Å²) in [5.41, 5.74) is 0.828. The van der Waals surface area contributed by atoms with Crippen LogP contribution in [0, 0.1) is 0 Å². The number of carboxylic acids is 1. The van der Waals surface area contributed by atoms with Crippen LogP contribution >= 0.6 is 0 Å². The first kappa shape index (κ1) is 13.8. The second-order valence-electron chi connectivity index (χ2n) is 4.37. The molecule has 0 spiro atoms. The van der Waals surface area contributed by atoms with Crippen molar-refractivity contribution in [1.29, 1.82) is 0 Å². The average Bonchev–Trinajstić information content (AvgIpc) is 2.45. The Balaban J connectivity index is 2.11. The summed E-state index contributed by atoms with van der Waals surface area (Å²) < 4.78 is 0. The maximum atomic E-state index is 12.0. The molecular formula is C14H14N2O4. The Labute approximate surface area is 115 Å². The molecule has 1 aromatic carbocycles. The number of carbonyl (C=O) groups is 3. The van der Waals surface area contributed by atoms with Gasteiger partial charge in [-0.25, -0.2) is 4.79 Å². The van der Waals surface area contributed by atoms with Gasteiger partial charge in [-0.2, -0.15) is 0 Å². The van der Waals surface area contributed by atoms with Gasteiger partial charge in [-0.05, 0) is 11.6 Å². The molecular weight excluding hydrogens is 260 g/mol. The third-order valence-electron chi connectivity index (χ3n) is 2.97. The van der Waals surface area contributed by atoms with E-state index in [4.69, 9.17) is 5.11 Å². The second-order valence-corrected chi connectivity index (χ2v) is 4.37. The Bertz CT molecular complexity index is 554. The van der Waals surface area contributed by atoms with Crippen LogP contribution < -0.4 is 5.32 Å². The molecule has 2 amide bonds. The van der Waals surface area contributed by atoms with E-state index in [1.807, 2.05) is 30.3 Å². The number of carbonyl (C=O) groups excluding carboxylic acids is 2. The standard InChI is InChI=1S/C14H14N2O4/c17-12-9-16(11(8-15-12)14(19)20)13(18)7-6-10-4-2-1-3-5-10/h1-7,11H,8-9H2,(H,15,17)(H,19,20)/b7-6+. The number of amides is 2. The molecule has 1 atom stereocenters. The molecule has 104 valence electrons. The van der Waals surface area contributed by atoms with Crippen LogP contribution in [0.15, 0.2) is 36.4 Å². The number of piperazine rings is 1. The van der Waals surface area contributed by atoms with Crippen molar-refractivity contribution in [2.75, 3.05) is 13.1 Å². The zero-order chi connectivity index (χ0) is 14.5. The zero-order valence-corrected chi connectivity index (χ0v) is 10.7. The molecule has 0 radical (unpaired) electrons. The smallest absolute Gasteiger partial charge is 0.328 e. The highest BCUT2D eigenvalue weighted by atomic mass is 16.4. The van der Waals surface area contributed by atoms with E-state index < -0.39 is 17.9 Å². The van der Waals surface area contributed by atoms with E-state index in [9.17, 15) is 14.4 Å². The fourth-order valence-corrected chi connectivity index (χ4v) is 1.92. The van der Waals surface area contributed by atoms with Crippen molar-refractivity contribution in [3.63, 3.8) is 0 Å². The van der Waals surface area contributed by atoms with Gasteiger partial charge in [0, 0.05) is 12.6 Å². The highest BCUT2D eigenvalue weighted by Gasteiger charge is 2.34. The van der Waals surface area contributed by atoms with Gasteiger partial charge in [0.2, 0.25) is 11.8 Å². The van der Waals surface area contributed by atoms with Crippen LogP contribution in [0.25, 0.3) is 6.08 Å². The summed E-state index contributed by atoms with van der Waals surface area (Å²) in [5, 5.41) is 11.5. The van der Waals surface area contributed by atoms with Crippen molar-refractivity contribution >= 4 is 23.9 Å². The van der Waals surface area contributed by atoms with Gasteiger partial charge in [0.15, 0.2) is 0 Å². The highest BCUT2D eigenvalue weighted by molar-refractivity contribution is 5.98. The van der Waals surface area contributed by atoms with Crippen LogP contribution in [-0.4, -0.2) is 46.9 Å². The molecule has 1 saturated heterocycles. The monoisotopic (exact) mass is 274 g/mol. The summed E-state index contributed by atoms with van der Waals surface area (Å²) in [7, 11) is 0. The average molecular weight is 274 g/mol. The van der Waals surface area contributed by atoms with Crippen LogP contribution in [0.3, 0.4) is 0 Å². The van der Waals surface area contributed by atoms with Crippen LogP contribution in [0.4, 0.5) is 0 Å². The normalized spacial score (nSPS) is 18.9. The first-order chi connectivity index (χ1) is 9.58. The molecule has 20 heavy (non-hydrogen) atoms. The van der Waals surface area contributed by atoms with E-state index in [1.165, 1.54) is 6.08 Å². The van der Waals surface area contributed by atoms with Gasteiger partial charge in [-0.1, -0.05) is 30.3 Å². The van der Waals surface area contributed by atoms with Crippen molar-refractivity contribution in [1.82, 2.24) is 10.2 Å². The summed E-state index contributed by atoms with van der Waals surface area (Å²) in [6, 6.07) is 8.13. The fraction of sp³-hybridized carbons (Fsp3) is 0.214. The summed E-state index contributed by atoms with van der Waals surface area (Å²) in [6.07, 6.45) is 2.87. The minimum absolute atomic E-state index is 0.0704. The van der Waals surface area contributed by atoms with Gasteiger partial charge in [-0.3, -0.25) is 9.59 Å². The lowest BCUT2D eigenvalue weighted by atomic mass is 10.1. The summed E-state index contributed by atoms with van der Waals surface area (Å²) in [4.78, 5) is 35.5. The Morgan fingerprint density at radius 3 is 2.65 bits per heavy atom. The Hall–Kier alpha value is -2.63. The Kier molecular flexibility index (Phi) is 4.14. The fourth-order valence-electron chi connectivity index (χ4n) is 1.92. The summed E-state index contributed by atoms with van der Waals surface area (Å²) in [6.45, 7) is -0.311. The van der Waals surface area contributed by atoms with Gasteiger partial charge in [0.25, 0.3) is 0 Å². The first-order valence-corrected chi connectivity index (χ1v) is 6.11. The molecule has 6 nitrogen and oxygen atoms in total. The number of benzene rings is 1. The molecule has 0 bridgehead atoms. The highest BCUT2D eigenvalue weighted by Crippen LogP contribution is 2.08. The molecule has 1 fully saturated rings. The maximum Gasteiger partial charge on any atom is 0.328 e. The predicted molar refractivity (Wildman–Crippen MR) is 71.6 cm³/mol. The largest absolute Gasteiger partial charge is 0.480 e. The molecule has 2 rings (SSSR count). The molecule has 1 aromatic rings. The SMILES string of the molecule is O=C1CN(C(=O)/C=C/c2ccccc2)C(C(=O)O)CN1. The van der Waals surface area contributed by atoms with E-state index in [0.29, 0.717) is 0 Å². The topological polar surface area (TPSA) is 86.7 Å². The minimum atomic E-state index is -1.13. The number of rotatable bonds is 3. The number of nitrogens with one attached hydrogen (secondary N) is 1. The van der Waals surface area contributed by atoms with Crippen molar-refractivity contribution < 1.29 is 19.5 Å². The van der Waals surface area contributed by atoms with Crippen LogP contribution in [0.5, 0.6) is 0 Å². The molecule has 6 heteroatoms. The van der Waals surface area contributed by atoms with Crippen molar-refractivity contribution in [3.05, 3.63) is 42.0 Å². The van der Waals surface area contributed by atoms with E-state index in [2.05, 4.69) is 5.32 Å². The number of aliphatic carboxylic acids is 1. The Morgan fingerprint density at radius 2 is 2.00 bits per heavy atom. The second kappa shape index (κ2) is 6.01. The predicted octanol–water partition coefficient (Wildman–Crippen LogP) is 0.111. The van der Waals surface area contributed by atoms with Gasteiger partial charge < -0.3 is 15.3 Å². The lowest BCUT2D eigenvalue weighted by molar-refractivity contribution is -0.152. The van der Waals surface area contributed by atoms with E-state index in [-0.39, 0.29) is 19.0 Å². The number of carboxylic acid groups (broad SMARTS) is 1. The van der Waals surface area contributed by atoms with Gasteiger partial charge in [0.1, 0.15) is 12.6 Å². The van der Waals surface area contributed by atoms with Crippen LogP contribution in [0.1, 0.15) is 5.56 Å². The summed E-state index contributed by atoms with van der Waals surface area (Å²) in [5.74, 6) is -1.98. The van der Waals surface area contributed by atoms with Crippen molar-refractivity contribution in [3.8, 4) is 0 Å². The number of nitrogens with zero attached hydrogens (tertiary/aromatic N) is 1. The molecule has 0 aromatic heterocycles. The molecule has 1 unspecified atom stereocenters. The number of hydrogen-bond donors (Lipinski definition) is 2. The lowest BCUT2D eigenvalue weighted by Crippen LogP contribution is -2.59. The van der Waals surface area contributed by atoms with E-state index >= 15 is 0 Å². The third kappa shape index (κ3) is 3.23.